The van der Waals surface area contributed by atoms with Gasteiger partial charge < -0.3 is 4.57 Å². The standard InChI is InChI=1S/C17H23ClN2/c1-12-4-3-5-14(8-12)11-20-16-9-13(2)6-7-15(16)19-17(20)10-18/h6-7,9,12,14H,3-5,8,10-11H2,1-2H3. The normalized spacial score (nSPS) is 23.4. The summed E-state index contributed by atoms with van der Waals surface area (Å²) in [5.74, 6) is 3.16. The lowest BCUT2D eigenvalue weighted by atomic mass is 9.82. The summed E-state index contributed by atoms with van der Waals surface area (Å²) >= 11 is 6.11. The highest BCUT2D eigenvalue weighted by molar-refractivity contribution is 6.16. The molecule has 2 atom stereocenters. The van der Waals surface area contributed by atoms with Crippen molar-refractivity contribution in [3.63, 3.8) is 0 Å². The zero-order chi connectivity index (χ0) is 14.1. The quantitative estimate of drug-likeness (QED) is 0.734. The lowest BCUT2D eigenvalue weighted by Gasteiger charge is -2.27. The minimum absolute atomic E-state index is 0.496. The highest BCUT2D eigenvalue weighted by Gasteiger charge is 2.21. The van der Waals surface area contributed by atoms with Gasteiger partial charge in [0.1, 0.15) is 5.82 Å². The third kappa shape index (κ3) is 2.71. The van der Waals surface area contributed by atoms with E-state index in [1.165, 1.54) is 36.8 Å². The van der Waals surface area contributed by atoms with Crippen LogP contribution in [0.3, 0.4) is 0 Å². The van der Waals surface area contributed by atoms with Crippen molar-refractivity contribution in [1.82, 2.24) is 9.55 Å². The van der Waals surface area contributed by atoms with Crippen LogP contribution in [0.5, 0.6) is 0 Å². The zero-order valence-electron chi connectivity index (χ0n) is 12.4. The van der Waals surface area contributed by atoms with E-state index >= 15 is 0 Å². The van der Waals surface area contributed by atoms with E-state index in [-0.39, 0.29) is 0 Å². The topological polar surface area (TPSA) is 17.8 Å². The van der Waals surface area contributed by atoms with Crippen LogP contribution in [-0.2, 0) is 12.4 Å². The van der Waals surface area contributed by atoms with Gasteiger partial charge in [0.2, 0.25) is 0 Å². The number of nitrogens with zero attached hydrogens (tertiary/aromatic N) is 2. The first-order valence-corrected chi connectivity index (χ1v) is 8.22. The minimum atomic E-state index is 0.496. The Labute approximate surface area is 126 Å². The molecule has 1 aliphatic carbocycles. The van der Waals surface area contributed by atoms with Crippen molar-refractivity contribution in [2.24, 2.45) is 11.8 Å². The predicted octanol–water partition coefficient (Wildman–Crippen LogP) is 4.91. The van der Waals surface area contributed by atoms with Crippen LogP contribution < -0.4 is 0 Å². The van der Waals surface area contributed by atoms with Crippen LogP contribution in [0, 0.1) is 18.8 Å². The van der Waals surface area contributed by atoms with Crippen LogP contribution in [0.1, 0.15) is 44.0 Å². The molecule has 0 amide bonds. The van der Waals surface area contributed by atoms with Crippen LogP contribution in [0.2, 0.25) is 0 Å². The van der Waals surface area contributed by atoms with Crippen LogP contribution in [0.4, 0.5) is 0 Å². The van der Waals surface area contributed by atoms with Crippen LogP contribution in [-0.4, -0.2) is 9.55 Å². The second kappa shape index (κ2) is 5.77. The summed E-state index contributed by atoms with van der Waals surface area (Å²) in [6, 6.07) is 6.48. The summed E-state index contributed by atoms with van der Waals surface area (Å²) in [6.45, 7) is 5.59. The molecule has 1 aliphatic rings. The number of alkyl halides is 1. The number of halogens is 1. The Morgan fingerprint density at radius 1 is 1.35 bits per heavy atom. The highest BCUT2D eigenvalue weighted by Crippen LogP contribution is 2.31. The number of rotatable bonds is 3. The van der Waals surface area contributed by atoms with E-state index in [0.29, 0.717) is 5.88 Å². The average molecular weight is 291 g/mol. The molecule has 3 heteroatoms. The van der Waals surface area contributed by atoms with Crippen molar-refractivity contribution in [3.8, 4) is 0 Å². The third-order valence-corrected chi connectivity index (χ3v) is 4.83. The molecule has 2 unspecified atom stereocenters. The van der Waals surface area contributed by atoms with Crippen molar-refractivity contribution in [1.29, 1.82) is 0 Å². The third-order valence-electron chi connectivity index (χ3n) is 4.59. The van der Waals surface area contributed by atoms with Gasteiger partial charge in [-0.1, -0.05) is 25.8 Å². The molecule has 1 heterocycles. The number of hydrogen-bond acceptors (Lipinski definition) is 1. The van der Waals surface area contributed by atoms with Gasteiger partial charge in [-0.2, -0.15) is 0 Å². The largest absolute Gasteiger partial charge is 0.327 e. The highest BCUT2D eigenvalue weighted by atomic mass is 35.5. The van der Waals surface area contributed by atoms with Gasteiger partial charge in [0.25, 0.3) is 0 Å². The van der Waals surface area contributed by atoms with Gasteiger partial charge in [-0.05, 0) is 49.3 Å². The molecule has 0 radical (unpaired) electrons. The summed E-state index contributed by atoms with van der Waals surface area (Å²) in [6.07, 6.45) is 5.45. The maximum Gasteiger partial charge on any atom is 0.124 e. The molecule has 0 bridgehead atoms. The van der Waals surface area contributed by atoms with E-state index in [1.807, 2.05) is 0 Å². The van der Waals surface area contributed by atoms with E-state index in [9.17, 15) is 0 Å². The summed E-state index contributed by atoms with van der Waals surface area (Å²) in [5, 5.41) is 0. The summed E-state index contributed by atoms with van der Waals surface area (Å²) < 4.78 is 2.36. The van der Waals surface area contributed by atoms with Gasteiger partial charge in [-0.15, -0.1) is 11.6 Å². The van der Waals surface area contributed by atoms with Crippen LogP contribution >= 0.6 is 11.6 Å². The monoisotopic (exact) mass is 290 g/mol. The number of benzene rings is 1. The van der Waals surface area contributed by atoms with Crippen molar-refractivity contribution in [3.05, 3.63) is 29.6 Å². The fourth-order valence-corrected chi connectivity index (χ4v) is 3.78. The van der Waals surface area contributed by atoms with E-state index < -0.39 is 0 Å². The number of aryl methyl sites for hydroxylation is 1. The molecule has 0 spiro atoms. The molecular formula is C17H23ClN2. The molecule has 2 aromatic rings. The van der Waals surface area contributed by atoms with E-state index in [4.69, 9.17) is 11.6 Å². The summed E-state index contributed by atoms with van der Waals surface area (Å²) in [7, 11) is 0. The maximum atomic E-state index is 6.11. The second-order valence-corrected chi connectivity index (χ2v) is 6.67. The SMILES string of the molecule is Cc1ccc2nc(CCl)n(CC3CCCC(C)C3)c2c1. The number of aromatic nitrogens is 2. The van der Waals surface area contributed by atoms with Crippen molar-refractivity contribution < 1.29 is 0 Å². The molecule has 1 aromatic heterocycles. The van der Waals surface area contributed by atoms with E-state index in [0.717, 1.165) is 29.7 Å². The molecule has 2 nitrogen and oxygen atoms in total. The van der Waals surface area contributed by atoms with Gasteiger partial charge in [-0.3, -0.25) is 0 Å². The molecule has 0 aliphatic heterocycles. The first-order valence-electron chi connectivity index (χ1n) is 7.69. The van der Waals surface area contributed by atoms with Gasteiger partial charge in [0.15, 0.2) is 0 Å². The molecular weight excluding hydrogens is 268 g/mol. The fourth-order valence-electron chi connectivity index (χ4n) is 3.57. The van der Waals surface area contributed by atoms with Crippen molar-refractivity contribution >= 4 is 22.6 Å². The van der Waals surface area contributed by atoms with E-state index in [1.54, 1.807) is 0 Å². The number of fused-ring (bicyclic) bond motifs is 1. The van der Waals surface area contributed by atoms with Gasteiger partial charge in [-0.25, -0.2) is 4.98 Å². The van der Waals surface area contributed by atoms with Crippen LogP contribution in [0.15, 0.2) is 18.2 Å². The Bertz CT molecular complexity index is 602. The van der Waals surface area contributed by atoms with Crippen molar-refractivity contribution in [2.45, 2.75) is 52.0 Å². The Hall–Kier alpha value is -1.02. The fraction of sp³-hybridized carbons (Fsp3) is 0.588. The summed E-state index contributed by atoms with van der Waals surface area (Å²) in [4.78, 5) is 4.69. The maximum absolute atomic E-state index is 6.11. The Morgan fingerprint density at radius 2 is 2.20 bits per heavy atom. The molecule has 0 N–H and O–H groups in total. The van der Waals surface area contributed by atoms with Gasteiger partial charge >= 0.3 is 0 Å². The molecule has 108 valence electrons. The molecule has 20 heavy (non-hydrogen) atoms. The van der Waals surface area contributed by atoms with Gasteiger partial charge in [0, 0.05) is 6.54 Å². The Balaban J connectivity index is 1.94. The molecule has 1 saturated carbocycles. The lowest BCUT2D eigenvalue weighted by Crippen LogP contribution is -2.19. The molecule has 1 aromatic carbocycles. The molecule has 0 saturated heterocycles. The van der Waals surface area contributed by atoms with Crippen LogP contribution in [0.25, 0.3) is 11.0 Å². The first-order chi connectivity index (χ1) is 9.67. The molecule has 3 rings (SSSR count). The smallest absolute Gasteiger partial charge is 0.124 e. The second-order valence-electron chi connectivity index (χ2n) is 6.40. The Morgan fingerprint density at radius 3 is 2.95 bits per heavy atom. The van der Waals surface area contributed by atoms with E-state index in [2.05, 4.69) is 41.6 Å². The minimum Gasteiger partial charge on any atom is -0.327 e. The molecule has 1 fully saturated rings. The average Bonchev–Trinajstić information content (AvgIpc) is 2.76. The first kappa shape index (κ1) is 13.9. The number of hydrogen-bond donors (Lipinski definition) is 0. The Kier molecular flexibility index (Phi) is 4.02. The van der Waals surface area contributed by atoms with Crippen molar-refractivity contribution in [2.75, 3.05) is 0 Å². The summed E-state index contributed by atoms with van der Waals surface area (Å²) in [5.41, 5.74) is 3.62. The predicted molar refractivity (Wildman–Crippen MR) is 85.1 cm³/mol. The lowest BCUT2D eigenvalue weighted by molar-refractivity contribution is 0.257. The van der Waals surface area contributed by atoms with Gasteiger partial charge in [0.05, 0.1) is 16.9 Å². The number of imidazole rings is 1. The zero-order valence-corrected chi connectivity index (χ0v) is 13.2.